The molecule has 1 heterocycles. The van der Waals surface area contributed by atoms with Crippen LogP contribution in [0.1, 0.15) is 23.3 Å². The van der Waals surface area contributed by atoms with Gasteiger partial charge in [0, 0.05) is 6.04 Å². The van der Waals surface area contributed by atoms with Gasteiger partial charge in [-0.05, 0) is 31.5 Å². The van der Waals surface area contributed by atoms with Gasteiger partial charge in [-0.1, -0.05) is 53.7 Å². The maximum atomic E-state index is 6.20. The number of benzene rings is 2. The van der Waals surface area contributed by atoms with E-state index < -0.39 is 0 Å². The van der Waals surface area contributed by atoms with Gasteiger partial charge in [0.05, 0.1) is 15.5 Å². The number of aromatic nitrogens is 1. The Morgan fingerprint density at radius 1 is 1.10 bits per heavy atom. The Labute approximate surface area is 133 Å². The molecule has 1 aromatic heterocycles. The fraction of sp³-hybridized carbons (Fsp3) is 0.235. The number of hydrogen-bond donors (Lipinski definition) is 1. The molecular formula is C17H18N2S2. The number of thiazole rings is 1. The molecule has 2 unspecified atom stereocenters. The van der Waals surface area contributed by atoms with Crippen molar-refractivity contribution in [3.8, 4) is 0 Å². The third-order valence-electron chi connectivity index (χ3n) is 3.39. The Hall–Kier alpha value is -1.36. The number of para-hydroxylation sites is 1. The van der Waals surface area contributed by atoms with E-state index in [1.165, 1.54) is 15.8 Å². The third-order valence-corrected chi connectivity index (χ3v) is 6.00. The highest BCUT2D eigenvalue weighted by molar-refractivity contribution is 8.01. The van der Waals surface area contributed by atoms with Crippen molar-refractivity contribution < 1.29 is 0 Å². The molecule has 2 nitrogen and oxygen atoms in total. The molecule has 0 spiro atoms. The second-order valence-corrected chi connectivity index (χ2v) is 7.68. The molecule has 3 aromatic rings. The molecule has 108 valence electrons. The van der Waals surface area contributed by atoms with E-state index >= 15 is 0 Å². The third kappa shape index (κ3) is 3.28. The first-order valence-corrected chi connectivity index (χ1v) is 8.67. The van der Waals surface area contributed by atoms with Crippen molar-refractivity contribution in [3.63, 3.8) is 0 Å². The molecule has 2 N–H and O–H groups in total. The second kappa shape index (κ2) is 6.18. The molecule has 2 aromatic carbocycles. The smallest absolute Gasteiger partial charge is 0.151 e. The topological polar surface area (TPSA) is 38.9 Å². The van der Waals surface area contributed by atoms with E-state index in [0.29, 0.717) is 0 Å². The molecule has 0 saturated carbocycles. The molecular weight excluding hydrogens is 296 g/mol. The monoisotopic (exact) mass is 314 g/mol. The van der Waals surface area contributed by atoms with E-state index in [0.717, 1.165) is 9.86 Å². The van der Waals surface area contributed by atoms with Gasteiger partial charge < -0.3 is 5.73 Å². The maximum Gasteiger partial charge on any atom is 0.151 e. The average molecular weight is 314 g/mol. The van der Waals surface area contributed by atoms with Crippen molar-refractivity contribution in [2.45, 2.75) is 29.5 Å². The predicted molar refractivity (Wildman–Crippen MR) is 93.0 cm³/mol. The molecule has 0 bridgehead atoms. The van der Waals surface area contributed by atoms with Gasteiger partial charge in [-0.25, -0.2) is 4.98 Å². The lowest BCUT2D eigenvalue weighted by molar-refractivity contribution is 0.721. The Balaban J connectivity index is 1.89. The lowest BCUT2D eigenvalue weighted by Crippen LogP contribution is -2.22. The van der Waals surface area contributed by atoms with Crippen LogP contribution in [0.3, 0.4) is 0 Å². The summed E-state index contributed by atoms with van der Waals surface area (Å²) in [6, 6.07) is 17.0. The Kier molecular flexibility index (Phi) is 4.29. The van der Waals surface area contributed by atoms with Crippen molar-refractivity contribution in [1.29, 1.82) is 0 Å². The van der Waals surface area contributed by atoms with Crippen LogP contribution in [-0.2, 0) is 0 Å². The highest BCUT2D eigenvalue weighted by atomic mass is 32.2. The highest BCUT2D eigenvalue weighted by Gasteiger charge is 2.19. The van der Waals surface area contributed by atoms with Crippen molar-refractivity contribution in [3.05, 3.63) is 59.7 Å². The Bertz CT molecular complexity index is 699. The summed E-state index contributed by atoms with van der Waals surface area (Å²) in [4.78, 5) is 4.70. The van der Waals surface area contributed by atoms with E-state index in [2.05, 4.69) is 56.3 Å². The van der Waals surface area contributed by atoms with E-state index in [1.807, 2.05) is 6.07 Å². The van der Waals surface area contributed by atoms with Crippen LogP contribution in [0.25, 0.3) is 10.2 Å². The maximum absolute atomic E-state index is 6.20. The summed E-state index contributed by atoms with van der Waals surface area (Å²) in [7, 11) is 0. The molecule has 0 saturated heterocycles. The van der Waals surface area contributed by atoms with Crippen LogP contribution >= 0.6 is 23.1 Å². The van der Waals surface area contributed by atoms with E-state index in [9.17, 15) is 0 Å². The zero-order valence-corrected chi connectivity index (χ0v) is 13.7. The van der Waals surface area contributed by atoms with E-state index in [1.54, 1.807) is 23.1 Å². The molecule has 2 atom stereocenters. The summed E-state index contributed by atoms with van der Waals surface area (Å²) in [5.41, 5.74) is 9.81. The van der Waals surface area contributed by atoms with Crippen molar-refractivity contribution in [1.82, 2.24) is 4.98 Å². The number of rotatable bonds is 4. The highest BCUT2D eigenvalue weighted by Crippen LogP contribution is 2.40. The Morgan fingerprint density at radius 2 is 1.81 bits per heavy atom. The first kappa shape index (κ1) is 14.6. The first-order chi connectivity index (χ1) is 10.1. The summed E-state index contributed by atoms with van der Waals surface area (Å²) in [5.74, 6) is 0. The van der Waals surface area contributed by atoms with Gasteiger partial charge in [0.2, 0.25) is 0 Å². The van der Waals surface area contributed by atoms with Crippen molar-refractivity contribution in [2.24, 2.45) is 5.73 Å². The van der Waals surface area contributed by atoms with Gasteiger partial charge in [0.25, 0.3) is 0 Å². The number of thioether (sulfide) groups is 1. The molecule has 0 radical (unpaired) electrons. The van der Waals surface area contributed by atoms with Gasteiger partial charge in [-0.15, -0.1) is 11.3 Å². The summed E-state index contributed by atoms with van der Waals surface area (Å²) in [6.07, 6.45) is 0. The van der Waals surface area contributed by atoms with Gasteiger partial charge in [-0.2, -0.15) is 0 Å². The summed E-state index contributed by atoms with van der Waals surface area (Å²) >= 11 is 3.50. The molecule has 0 amide bonds. The lowest BCUT2D eigenvalue weighted by atomic mass is 10.1. The number of nitrogens with zero attached hydrogens (tertiary/aromatic N) is 1. The summed E-state index contributed by atoms with van der Waals surface area (Å²) < 4.78 is 2.31. The van der Waals surface area contributed by atoms with Crippen molar-refractivity contribution >= 4 is 33.3 Å². The molecule has 21 heavy (non-hydrogen) atoms. The minimum absolute atomic E-state index is 0.0738. The Morgan fingerprint density at radius 3 is 2.48 bits per heavy atom. The normalized spacial score (nSPS) is 14.2. The van der Waals surface area contributed by atoms with Crippen LogP contribution in [0, 0.1) is 6.92 Å². The SMILES string of the molecule is Cc1ccc(C(Sc2nc3ccccc3s2)C(C)N)cc1. The summed E-state index contributed by atoms with van der Waals surface area (Å²) in [5, 5.41) is 0.228. The van der Waals surface area contributed by atoms with Crippen LogP contribution in [-0.4, -0.2) is 11.0 Å². The molecule has 0 aliphatic heterocycles. The standard InChI is InChI=1S/C17H18N2S2/c1-11-7-9-13(10-8-11)16(12(2)18)21-17-19-14-5-3-4-6-15(14)20-17/h3-10,12,16H,18H2,1-2H3. The average Bonchev–Trinajstić information content (AvgIpc) is 2.88. The fourth-order valence-corrected chi connectivity index (χ4v) is 4.59. The number of fused-ring (bicyclic) bond motifs is 1. The zero-order valence-electron chi connectivity index (χ0n) is 12.1. The summed E-state index contributed by atoms with van der Waals surface area (Å²) in [6.45, 7) is 4.16. The molecule has 4 heteroatoms. The number of hydrogen-bond acceptors (Lipinski definition) is 4. The van der Waals surface area contributed by atoms with Gasteiger partial charge in [0.1, 0.15) is 0 Å². The van der Waals surface area contributed by atoms with Gasteiger partial charge in [0.15, 0.2) is 4.34 Å². The second-order valence-electron chi connectivity index (χ2n) is 5.26. The van der Waals surface area contributed by atoms with Gasteiger partial charge in [-0.3, -0.25) is 0 Å². The van der Waals surface area contributed by atoms with Crippen LogP contribution in [0.2, 0.25) is 0 Å². The molecule has 0 fully saturated rings. The van der Waals surface area contributed by atoms with Crippen molar-refractivity contribution in [2.75, 3.05) is 0 Å². The lowest BCUT2D eigenvalue weighted by Gasteiger charge is -2.19. The largest absolute Gasteiger partial charge is 0.327 e. The van der Waals surface area contributed by atoms with Crippen LogP contribution in [0.5, 0.6) is 0 Å². The van der Waals surface area contributed by atoms with Crippen LogP contribution < -0.4 is 5.73 Å². The van der Waals surface area contributed by atoms with Gasteiger partial charge >= 0.3 is 0 Å². The van der Waals surface area contributed by atoms with E-state index in [-0.39, 0.29) is 11.3 Å². The minimum atomic E-state index is 0.0738. The zero-order chi connectivity index (χ0) is 14.8. The molecule has 0 aliphatic rings. The first-order valence-electron chi connectivity index (χ1n) is 6.98. The van der Waals surface area contributed by atoms with Crippen LogP contribution in [0.4, 0.5) is 0 Å². The van der Waals surface area contributed by atoms with Crippen LogP contribution in [0.15, 0.2) is 52.9 Å². The number of aryl methyl sites for hydroxylation is 1. The number of nitrogens with two attached hydrogens (primary N) is 1. The van der Waals surface area contributed by atoms with E-state index in [4.69, 9.17) is 10.7 Å². The fourth-order valence-electron chi connectivity index (χ4n) is 2.25. The quantitative estimate of drug-likeness (QED) is 0.704. The molecule has 3 rings (SSSR count). The molecule has 0 aliphatic carbocycles. The predicted octanol–water partition coefficient (Wildman–Crippen LogP) is 4.79. The minimum Gasteiger partial charge on any atom is -0.327 e.